The molecule has 1 amide bonds. The van der Waals surface area contributed by atoms with Gasteiger partial charge in [0.15, 0.2) is 5.69 Å². The summed E-state index contributed by atoms with van der Waals surface area (Å²) in [5.74, 6) is -1.29. The van der Waals surface area contributed by atoms with Crippen molar-refractivity contribution in [1.29, 1.82) is 0 Å². The molecule has 0 aliphatic heterocycles. The molecule has 0 saturated carbocycles. The number of aromatic hydroxyl groups is 1. The number of carboxylic acids is 1. The number of carbonyl (C=O) groups excluding carboxylic acids is 1. The first-order valence-corrected chi connectivity index (χ1v) is 7.87. The molecule has 0 radical (unpaired) electrons. The van der Waals surface area contributed by atoms with E-state index in [-0.39, 0.29) is 17.4 Å². The molecule has 0 saturated heterocycles. The fourth-order valence-corrected chi connectivity index (χ4v) is 2.67. The number of hydrogen-bond acceptors (Lipinski definition) is 5. The number of carbonyl (C=O) groups is 2. The fourth-order valence-electron chi connectivity index (χ4n) is 1.56. The van der Waals surface area contributed by atoms with Crippen molar-refractivity contribution in [2.75, 3.05) is 6.54 Å². The van der Waals surface area contributed by atoms with Crippen LogP contribution in [0.5, 0.6) is 5.75 Å². The number of nitrogens with zero attached hydrogens (tertiary/aromatic N) is 1. The highest BCUT2D eigenvalue weighted by Crippen LogP contribution is 2.20. The molecular weight excluding hydrogens is 407 g/mol. The highest BCUT2D eigenvalue weighted by molar-refractivity contribution is 14.1. The number of benzene rings is 1. The van der Waals surface area contributed by atoms with Crippen molar-refractivity contribution in [2.24, 2.45) is 0 Å². The Balaban J connectivity index is 1.88. The summed E-state index contributed by atoms with van der Waals surface area (Å²) in [5, 5.41) is 23.1. The number of nitrogens with one attached hydrogen (secondary N) is 1. The third kappa shape index (κ3) is 4.14. The lowest BCUT2D eigenvalue weighted by Gasteiger charge is -2.05. The van der Waals surface area contributed by atoms with Crippen molar-refractivity contribution in [3.8, 4) is 5.75 Å². The zero-order chi connectivity index (χ0) is 15.4. The van der Waals surface area contributed by atoms with Crippen molar-refractivity contribution in [1.82, 2.24) is 10.3 Å². The van der Waals surface area contributed by atoms with E-state index >= 15 is 0 Å². The maximum Gasteiger partial charge on any atom is 0.355 e. The van der Waals surface area contributed by atoms with Gasteiger partial charge in [0.2, 0.25) is 0 Å². The van der Waals surface area contributed by atoms with Crippen LogP contribution in [0.2, 0.25) is 0 Å². The normalized spacial score (nSPS) is 10.3. The van der Waals surface area contributed by atoms with Crippen LogP contribution in [0.15, 0.2) is 23.6 Å². The number of amides is 1. The van der Waals surface area contributed by atoms with Crippen LogP contribution in [0.3, 0.4) is 0 Å². The minimum atomic E-state index is -1.06. The molecule has 2 aromatic rings. The van der Waals surface area contributed by atoms with Gasteiger partial charge in [-0.3, -0.25) is 4.79 Å². The number of rotatable bonds is 5. The third-order valence-electron chi connectivity index (χ3n) is 2.60. The zero-order valence-corrected chi connectivity index (χ0v) is 13.6. The standard InChI is InChI=1S/C13H11IN2O4S/c14-8-2-1-7(5-10(8)17)12(18)15-4-3-11-16-9(6-21-11)13(19)20/h1-2,5-6,17H,3-4H2,(H,15,18)(H,19,20). The number of hydrogen-bond donors (Lipinski definition) is 3. The zero-order valence-electron chi connectivity index (χ0n) is 10.7. The summed E-state index contributed by atoms with van der Waals surface area (Å²) in [5.41, 5.74) is 0.391. The Hall–Kier alpha value is -1.68. The molecule has 1 heterocycles. The maximum atomic E-state index is 11.9. The van der Waals surface area contributed by atoms with Gasteiger partial charge in [0, 0.05) is 23.9 Å². The molecule has 2 rings (SSSR count). The molecule has 0 unspecified atom stereocenters. The minimum Gasteiger partial charge on any atom is -0.507 e. The number of phenolic OH excluding ortho intramolecular Hbond substituents is 1. The van der Waals surface area contributed by atoms with Gasteiger partial charge < -0.3 is 15.5 Å². The number of aromatic nitrogens is 1. The molecule has 1 aromatic carbocycles. The first kappa shape index (κ1) is 15.7. The molecule has 3 N–H and O–H groups in total. The lowest BCUT2D eigenvalue weighted by molar-refractivity contribution is 0.0690. The van der Waals surface area contributed by atoms with E-state index in [1.165, 1.54) is 22.8 Å². The van der Waals surface area contributed by atoms with E-state index in [0.29, 0.717) is 27.1 Å². The van der Waals surface area contributed by atoms with Gasteiger partial charge >= 0.3 is 5.97 Å². The molecule has 6 nitrogen and oxygen atoms in total. The molecule has 0 spiro atoms. The SMILES string of the molecule is O=C(NCCc1nc(C(=O)O)cs1)c1ccc(I)c(O)c1. The van der Waals surface area contributed by atoms with Crippen molar-refractivity contribution in [3.05, 3.63) is 43.4 Å². The maximum absolute atomic E-state index is 11.9. The summed E-state index contributed by atoms with van der Waals surface area (Å²) in [6.45, 7) is 0.345. The van der Waals surface area contributed by atoms with Gasteiger partial charge in [0.25, 0.3) is 5.91 Å². The first-order valence-electron chi connectivity index (χ1n) is 5.92. The Kier molecular flexibility index (Phi) is 5.12. The lowest BCUT2D eigenvalue weighted by Crippen LogP contribution is -2.25. The Labute approximate surface area is 138 Å². The summed E-state index contributed by atoms with van der Waals surface area (Å²) in [7, 11) is 0. The number of aromatic carboxylic acids is 1. The second kappa shape index (κ2) is 6.85. The van der Waals surface area contributed by atoms with Gasteiger partial charge in [-0.2, -0.15) is 0 Å². The lowest BCUT2D eigenvalue weighted by atomic mass is 10.2. The molecule has 0 aliphatic carbocycles. The van der Waals surface area contributed by atoms with Crippen molar-refractivity contribution < 1.29 is 19.8 Å². The summed E-state index contributed by atoms with van der Waals surface area (Å²) >= 11 is 3.22. The summed E-state index contributed by atoms with van der Waals surface area (Å²) in [4.78, 5) is 26.5. The van der Waals surface area contributed by atoms with Gasteiger partial charge in [-0.1, -0.05) is 0 Å². The van der Waals surface area contributed by atoms with Gasteiger partial charge in [-0.25, -0.2) is 9.78 Å². The van der Waals surface area contributed by atoms with Crippen molar-refractivity contribution >= 4 is 45.8 Å². The molecular formula is C13H11IN2O4S. The van der Waals surface area contributed by atoms with E-state index in [1.807, 2.05) is 22.6 Å². The van der Waals surface area contributed by atoms with Crippen molar-refractivity contribution in [2.45, 2.75) is 6.42 Å². The van der Waals surface area contributed by atoms with Crippen molar-refractivity contribution in [3.63, 3.8) is 0 Å². The molecule has 8 heteroatoms. The third-order valence-corrected chi connectivity index (χ3v) is 4.42. The van der Waals surface area contributed by atoms with Crippen LogP contribution in [0.25, 0.3) is 0 Å². The van der Waals surface area contributed by atoms with Gasteiger partial charge in [0.05, 0.1) is 8.58 Å². The summed E-state index contributed by atoms with van der Waals surface area (Å²) in [6.07, 6.45) is 0.458. The number of thiazole rings is 1. The Morgan fingerprint density at radius 2 is 2.14 bits per heavy atom. The summed E-state index contributed by atoms with van der Waals surface area (Å²) in [6, 6.07) is 4.69. The monoisotopic (exact) mass is 418 g/mol. The van der Waals surface area contributed by atoms with Crippen LogP contribution in [0.4, 0.5) is 0 Å². The number of phenols is 1. The van der Waals surface area contributed by atoms with E-state index in [0.717, 1.165) is 0 Å². The highest BCUT2D eigenvalue weighted by Gasteiger charge is 2.10. The van der Waals surface area contributed by atoms with Crippen LogP contribution in [0.1, 0.15) is 25.9 Å². The molecule has 110 valence electrons. The smallest absolute Gasteiger partial charge is 0.355 e. The van der Waals surface area contributed by atoms with E-state index in [9.17, 15) is 14.7 Å². The second-order valence-corrected chi connectivity index (χ2v) is 6.21. The van der Waals surface area contributed by atoms with E-state index in [2.05, 4.69) is 10.3 Å². The van der Waals surface area contributed by atoms with Gasteiger partial charge in [-0.15, -0.1) is 11.3 Å². The predicted octanol–water partition coefficient (Wildman–Crippen LogP) is 2.12. The van der Waals surface area contributed by atoms with E-state index < -0.39 is 5.97 Å². The van der Waals surface area contributed by atoms with Crippen LogP contribution in [-0.4, -0.2) is 33.6 Å². The molecule has 0 bridgehead atoms. The van der Waals surface area contributed by atoms with Gasteiger partial charge in [-0.05, 0) is 40.8 Å². The molecule has 1 aromatic heterocycles. The fraction of sp³-hybridized carbons (Fsp3) is 0.154. The topological polar surface area (TPSA) is 99.5 Å². The van der Waals surface area contributed by atoms with Crippen LogP contribution < -0.4 is 5.32 Å². The average Bonchev–Trinajstić information content (AvgIpc) is 2.91. The van der Waals surface area contributed by atoms with E-state index in [4.69, 9.17) is 5.11 Å². The number of halogens is 1. The number of carboxylic acid groups (broad SMARTS) is 1. The van der Waals surface area contributed by atoms with E-state index in [1.54, 1.807) is 12.1 Å². The second-order valence-electron chi connectivity index (χ2n) is 4.10. The molecule has 21 heavy (non-hydrogen) atoms. The minimum absolute atomic E-state index is 0.0175. The van der Waals surface area contributed by atoms with Crippen LogP contribution in [0, 0.1) is 3.57 Å². The van der Waals surface area contributed by atoms with Crippen LogP contribution >= 0.6 is 33.9 Å². The van der Waals surface area contributed by atoms with Gasteiger partial charge in [0.1, 0.15) is 5.75 Å². The molecule has 0 fully saturated rings. The summed E-state index contributed by atoms with van der Waals surface area (Å²) < 4.78 is 0.674. The molecule has 0 aliphatic rings. The van der Waals surface area contributed by atoms with Crippen LogP contribution in [-0.2, 0) is 6.42 Å². The Morgan fingerprint density at radius 1 is 1.38 bits per heavy atom. The first-order chi connectivity index (χ1) is 9.97. The highest BCUT2D eigenvalue weighted by atomic mass is 127. The molecule has 0 atom stereocenters. The quantitative estimate of drug-likeness (QED) is 0.647. The predicted molar refractivity (Wildman–Crippen MR) is 85.9 cm³/mol. The Morgan fingerprint density at radius 3 is 2.76 bits per heavy atom. The average molecular weight is 418 g/mol. The largest absolute Gasteiger partial charge is 0.507 e. The Bertz CT molecular complexity index is 687.